The maximum Gasteiger partial charge on any atom is 0.156 e. The molecular weight excluding hydrogens is 371 g/mol. The van der Waals surface area contributed by atoms with Gasteiger partial charge >= 0.3 is 0 Å². The Kier molecular flexibility index (Phi) is 7.03. The number of hydrogen-bond donors (Lipinski definition) is 1. The van der Waals surface area contributed by atoms with Crippen molar-refractivity contribution >= 4 is 46.7 Å². The number of ether oxygens (including phenoxy) is 2. The van der Waals surface area contributed by atoms with E-state index in [1.54, 1.807) is 37.6 Å². The molecule has 0 bridgehead atoms. The minimum Gasteiger partial charge on any atom is -0.495 e. The molecule has 0 unspecified atom stereocenters. The third kappa shape index (κ3) is 4.94. The molecule has 4 nitrogen and oxygen atoms in total. The molecule has 0 aliphatic rings. The summed E-state index contributed by atoms with van der Waals surface area (Å²) in [6.45, 7) is 2.58. The van der Waals surface area contributed by atoms with Crippen LogP contribution in [0.15, 0.2) is 35.4 Å². The normalized spacial score (nSPS) is 10.9. The third-order valence-electron chi connectivity index (χ3n) is 3.03. The number of nitrogens with zero attached hydrogens (tertiary/aromatic N) is 1. The Hall–Kier alpha value is -1.62. The number of hydrazone groups is 1. The number of halogens is 3. The van der Waals surface area contributed by atoms with Crippen LogP contribution in [0.2, 0.25) is 15.1 Å². The second-order valence-electron chi connectivity index (χ2n) is 4.88. The van der Waals surface area contributed by atoms with E-state index >= 15 is 0 Å². The topological polar surface area (TPSA) is 42.8 Å². The van der Waals surface area contributed by atoms with Crippen LogP contribution >= 0.6 is 34.8 Å². The van der Waals surface area contributed by atoms with Gasteiger partial charge in [0.25, 0.3) is 0 Å². The molecule has 0 aromatic heterocycles. The Morgan fingerprint density at radius 1 is 1.08 bits per heavy atom. The minimum atomic E-state index is 0.449. The first-order valence-electron chi connectivity index (χ1n) is 7.29. The van der Waals surface area contributed by atoms with Crippen LogP contribution in [0.3, 0.4) is 0 Å². The second kappa shape index (κ2) is 9.02. The molecule has 2 rings (SSSR count). The molecule has 2 aromatic rings. The highest BCUT2D eigenvalue weighted by atomic mass is 35.5. The van der Waals surface area contributed by atoms with E-state index in [0.29, 0.717) is 33.2 Å². The van der Waals surface area contributed by atoms with Gasteiger partial charge in [-0.15, -0.1) is 0 Å². The van der Waals surface area contributed by atoms with Crippen molar-refractivity contribution in [1.82, 2.24) is 0 Å². The molecule has 0 amide bonds. The zero-order chi connectivity index (χ0) is 17.5. The van der Waals surface area contributed by atoms with Crippen LogP contribution in [-0.2, 0) is 0 Å². The van der Waals surface area contributed by atoms with Crippen molar-refractivity contribution in [3.05, 3.63) is 51.0 Å². The van der Waals surface area contributed by atoms with Crippen molar-refractivity contribution in [2.24, 2.45) is 5.10 Å². The van der Waals surface area contributed by atoms with Crippen LogP contribution in [0.1, 0.15) is 18.9 Å². The van der Waals surface area contributed by atoms with Crippen molar-refractivity contribution in [3.63, 3.8) is 0 Å². The predicted octanol–water partition coefficient (Wildman–Crippen LogP) is 5.89. The second-order valence-corrected chi connectivity index (χ2v) is 6.10. The molecule has 0 spiro atoms. The van der Waals surface area contributed by atoms with E-state index in [0.717, 1.165) is 17.7 Å². The summed E-state index contributed by atoms with van der Waals surface area (Å²) in [6.07, 6.45) is 2.49. The maximum absolute atomic E-state index is 6.20. The van der Waals surface area contributed by atoms with E-state index in [1.807, 2.05) is 13.0 Å². The lowest BCUT2D eigenvalue weighted by Crippen LogP contribution is -1.98. The summed E-state index contributed by atoms with van der Waals surface area (Å²) in [4.78, 5) is 0. The number of methoxy groups -OCH3 is 1. The molecule has 0 heterocycles. The Bertz CT molecular complexity index is 713. The van der Waals surface area contributed by atoms with Gasteiger partial charge in [0.15, 0.2) is 5.75 Å². The highest BCUT2D eigenvalue weighted by molar-refractivity contribution is 6.37. The number of anilines is 1. The van der Waals surface area contributed by atoms with Gasteiger partial charge in [0.2, 0.25) is 0 Å². The monoisotopic (exact) mass is 386 g/mol. The summed E-state index contributed by atoms with van der Waals surface area (Å²) in [7, 11) is 1.56. The first-order chi connectivity index (χ1) is 11.5. The molecule has 0 fully saturated rings. The molecule has 0 saturated carbocycles. The van der Waals surface area contributed by atoms with Gasteiger partial charge < -0.3 is 9.47 Å². The SMILES string of the molecule is CCCOc1c(Cl)cc(/C=N/Nc2ccc(OC)c(Cl)c2)cc1Cl. The van der Waals surface area contributed by atoms with E-state index in [1.165, 1.54) is 0 Å². The standard InChI is InChI=1S/C17H17Cl3N2O2/c1-3-6-24-17-14(19)7-11(8-15(17)20)10-21-22-12-4-5-16(23-2)13(18)9-12/h4-5,7-10,22H,3,6H2,1-2H3/b21-10+. The van der Waals surface area contributed by atoms with Crippen molar-refractivity contribution in [1.29, 1.82) is 0 Å². The summed E-state index contributed by atoms with van der Waals surface area (Å²) in [5.74, 6) is 1.10. The molecule has 0 atom stereocenters. The van der Waals surface area contributed by atoms with E-state index in [2.05, 4.69) is 10.5 Å². The van der Waals surface area contributed by atoms with Gasteiger partial charge in [-0.2, -0.15) is 5.10 Å². The molecule has 0 aliphatic heterocycles. The Balaban J connectivity index is 2.08. The summed E-state index contributed by atoms with van der Waals surface area (Å²) in [6, 6.07) is 8.77. The summed E-state index contributed by atoms with van der Waals surface area (Å²) in [5, 5.41) is 5.55. The fourth-order valence-electron chi connectivity index (χ4n) is 1.91. The van der Waals surface area contributed by atoms with Crippen molar-refractivity contribution in [2.75, 3.05) is 19.1 Å². The van der Waals surface area contributed by atoms with E-state index in [4.69, 9.17) is 44.3 Å². The average Bonchev–Trinajstić information content (AvgIpc) is 2.54. The van der Waals surface area contributed by atoms with Crippen LogP contribution in [0.4, 0.5) is 5.69 Å². The van der Waals surface area contributed by atoms with Crippen molar-refractivity contribution in [2.45, 2.75) is 13.3 Å². The Morgan fingerprint density at radius 2 is 1.79 bits per heavy atom. The molecule has 128 valence electrons. The average molecular weight is 388 g/mol. The summed E-state index contributed by atoms with van der Waals surface area (Å²) < 4.78 is 10.6. The van der Waals surface area contributed by atoms with Crippen LogP contribution in [-0.4, -0.2) is 19.9 Å². The van der Waals surface area contributed by atoms with Gasteiger partial charge in [-0.05, 0) is 42.3 Å². The molecule has 1 N–H and O–H groups in total. The lowest BCUT2D eigenvalue weighted by molar-refractivity contribution is 0.318. The van der Waals surface area contributed by atoms with E-state index < -0.39 is 0 Å². The van der Waals surface area contributed by atoms with Crippen LogP contribution < -0.4 is 14.9 Å². The van der Waals surface area contributed by atoms with Gasteiger partial charge in [0.05, 0.1) is 40.7 Å². The van der Waals surface area contributed by atoms with Crippen molar-refractivity contribution in [3.8, 4) is 11.5 Å². The van der Waals surface area contributed by atoms with Gasteiger partial charge in [-0.25, -0.2) is 0 Å². The van der Waals surface area contributed by atoms with Crippen molar-refractivity contribution < 1.29 is 9.47 Å². The fraction of sp³-hybridized carbons (Fsp3) is 0.235. The third-order valence-corrected chi connectivity index (χ3v) is 3.89. The molecule has 0 aliphatic carbocycles. The molecule has 24 heavy (non-hydrogen) atoms. The summed E-state index contributed by atoms with van der Waals surface area (Å²) >= 11 is 18.5. The number of rotatable bonds is 7. The molecule has 2 aromatic carbocycles. The highest BCUT2D eigenvalue weighted by Gasteiger charge is 2.08. The smallest absolute Gasteiger partial charge is 0.156 e. The Morgan fingerprint density at radius 3 is 2.38 bits per heavy atom. The molecular formula is C17H17Cl3N2O2. The minimum absolute atomic E-state index is 0.449. The lowest BCUT2D eigenvalue weighted by atomic mass is 10.2. The number of nitrogens with one attached hydrogen (secondary N) is 1. The molecule has 7 heteroatoms. The van der Waals surface area contributed by atoms with Crippen LogP contribution in [0.25, 0.3) is 0 Å². The number of hydrogen-bond acceptors (Lipinski definition) is 4. The first-order valence-corrected chi connectivity index (χ1v) is 8.43. The van der Waals surface area contributed by atoms with Gasteiger partial charge in [0.1, 0.15) is 5.75 Å². The number of benzene rings is 2. The first kappa shape index (κ1) is 18.7. The van der Waals surface area contributed by atoms with E-state index in [-0.39, 0.29) is 0 Å². The maximum atomic E-state index is 6.20. The predicted molar refractivity (Wildman–Crippen MR) is 101 cm³/mol. The highest BCUT2D eigenvalue weighted by Crippen LogP contribution is 2.34. The Labute approximate surface area is 156 Å². The molecule has 0 saturated heterocycles. The zero-order valence-electron chi connectivity index (χ0n) is 13.3. The van der Waals surface area contributed by atoms with Gasteiger partial charge in [0, 0.05) is 0 Å². The van der Waals surface area contributed by atoms with Crippen LogP contribution in [0.5, 0.6) is 11.5 Å². The molecule has 0 radical (unpaired) electrons. The fourth-order valence-corrected chi connectivity index (χ4v) is 2.78. The zero-order valence-corrected chi connectivity index (χ0v) is 15.5. The largest absolute Gasteiger partial charge is 0.495 e. The van der Waals surface area contributed by atoms with E-state index in [9.17, 15) is 0 Å². The lowest BCUT2D eigenvalue weighted by Gasteiger charge is -2.09. The summed E-state index contributed by atoms with van der Waals surface area (Å²) in [5.41, 5.74) is 4.37. The quantitative estimate of drug-likeness (QED) is 0.476. The van der Waals surface area contributed by atoms with Gasteiger partial charge in [-0.3, -0.25) is 5.43 Å². The van der Waals surface area contributed by atoms with Gasteiger partial charge in [-0.1, -0.05) is 41.7 Å². The van der Waals surface area contributed by atoms with Crippen LogP contribution in [0, 0.1) is 0 Å².